The molecule has 9 heteroatoms. The molecule has 0 saturated heterocycles. The first-order valence-corrected chi connectivity index (χ1v) is 17.0. The van der Waals surface area contributed by atoms with Crippen LogP contribution in [0.1, 0.15) is 0 Å². The molecule has 0 aliphatic heterocycles. The number of thiophene rings is 1. The van der Waals surface area contributed by atoms with Gasteiger partial charge < -0.3 is 4.18 Å². The lowest BCUT2D eigenvalue weighted by molar-refractivity contribution is -0.0369. The average molecular weight is 682 g/mol. The van der Waals surface area contributed by atoms with Gasteiger partial charge in [-0.2, -0.15) is 13.2 Å². The lowest BCUT2D eigenvalue weighted by Crippen LogP contribution is -2.05. The number of fused-ring (bicyclic) bond motifs is 9. The Morgan fingerprint density at radius 3 is 1.67 bits per heavy atom. The molecule has 2 heterocycles. The van der Waals surface area contributed by atoms with Crippen molar-refractivity contribution in [2.45, 2.75) is 5.51 Å². The first kappa shape index (κ1) is 29.6. The summed E-state index contributed by atoms with van der Waals surface area (Å²) in [4.78, 5) is 14.7. The minimum Gasteiger partial charge on any atom is -0.416 e. The van der Waals surface area contributed by atoms with Gasteiger partial charge in [0.25, 0.3) is 0 Å². The van der Waals surface area contributed by atoms with E-state index in [0.29, 0.717) is 17.2 Å². The minimum atomic E-state index is -4.63. The fourth-order valence-electron chi connectivity index (χ4n) is 6.47. The third-order valence-electron chi connectivity index (χ3n) is 8.62. The molecule has 0 bridgehead atoms. The molecule has 0 unspecified atom stereocenters. The third-order valence-corrected chi connectivity index (χ3v) is 10.2. The van der Waals surface area contributed by atoms with Crippen molar-refractivity contribution in [1.82, 2.24) is 15.0 Å². The molecule has 0 N–H and O–H groups in total. The van der Waals surface area contributed by atoms with E-state index in [2.05, 4.69) is 30.3 Å². The molecule has 0 aliphatic carbocycles. The summed E-state index contributed by atoms with van der Waals surface area (Å²) in [6, 6.07) is 43.3. The smallest absolute Gasteiger partial charge is 0.416 e. The normalized spacial score (nSPS) is 12.1. The van der Waals surface area contributed by atoms with Crippen molar-refractivity contribution in [1.29, 1.82) is 0 Å². The summed E-state index contributed by atoms with van der Waals surface area (Å²) >= 11 is 1.13. The molecule has 0 amide bonds. The summed E-state index contributed by atoms with van der Waals surface area (Å²) in [7, 11) is 0. The number of nitrogens with zero attached hydrogens (tertiary/aromatic N) is 3. The van der Waals surface area contributed by atoms with E-state index in [0.717, 1.165) is 53.5 Å². The van der Waals surface area contributed by atoms with E-state index in [1.807, 2.05) is 97.1 Å². The zero-order chi connectivity index (χ0) is 33.1. The van der Waals surface area contributed by atoms with Crippen LogP contribution in [-0.4, -0.2) is 20.5 Å². The number of alkyl halides is 3. The molecule has 9 rings (SSSR count). The largest absolute Gasteiger partial charge is 0.479 e. The fourth-order valence-corrected chi connectivity index (χ4v) is 7.94. The van der Waals surface area contributed by atoms with E-state index in [1.54, 1.807) is 17.4 Å². The third kappa shape index (κ3) is 5.31. The van der Waals surface area contributed by atoms with Crippen LogP contribution in [0.25, 0.3) is 86.7 Å². The monoisotopic (exact) mass is 681 g/mol. The molecular formula is C40H22F3N3OS2. The molecule has 49 heavy (non-hydrogen) atoms. The standard InChI is InChI=1S/C40H22F3N3OS2/c41-40(42,43)49-47-34-22-32-28-15-7-5-13-26(28)25-12-4-6-14-27(25)31(32)21-33(34)39-45-37(23-10-2-1-3-11-23)44-38(46-39)24-18-19-30-29-16-8-9-17-35(29)48-36(30)20-24/h1-22H. The molecule has 7 aromatic carbocycles. The van der Waals surface area contributed by atoms with Crippen LogP contribution < -0.4 is 4.18 Å². The topological polar surface area (TPSA) is 47.9 Å². The van der Waals surface area contributed by atoms with Crippen molar-refractivity contribution in [3.05, 3.63) is 133 Å². The molecule has 0 saturated carbocycles. The van der Waals surface area contributed by atoms with Crippen molar-refractivity contribution in [3.63, 3.8) is 0 Å². The van der Waals surface area contributed by atoms with E-state index in [4.69, 9.17) is 19.1 Å². The second-order valence-electron chi connectivity index (χ2n) is 11.6. The molecule has 4 nitrogen and oxygen atoms in total. The van der Waals surface area contributed by atoms with E-state index >= 15 is 0 Å². The molecule has 0 aliphatic rings. The van der Waals surface area contributed by atoms with Crippen LogP contribution in [0.4, 0.5) is 13.2 Å². The van der Waals surface area contributed by atoms with Gasteiger partial charge in [0, 0.05) is 31.3 Å². The van der Waals surface area contributed by atoms with E-state index in [-0.39, 0.29) is 11.6 Å². The van der Waals surface area contributed by atoms with Crippen LogP contribution in [0.2, 0.25) is 0 Å². The Morgan fingerprint density at radius 2 is 1.00 bits per heavy atom. The predicted octanol–water partition coefficient (Wildman–Crippen LogP) is 12.2. The summed E-state index contributed by atoms with van der Waals surface area (Å²) in [5.74, 6) is 1.01. The second-order valence-corrected chi connectivity index (χ2v) is 13.5. The SMILES string of the molecule is FC(F)(F)SOc1cc2c3ccccc3c3ccccc3c2cc1-c1nc(-c2ccccc2)nc(-c2ccc3c(c2)sc2ccccc23)n1. The first-order valence-electron chi connectivity index (χ1n) is 15.4. The fraction of sp³-hybridized carbons (Fsp3) is 0.0250. The minimum absolute atomic E-state index is 0.00591. The van der Waals surface area contributed by atoms with Crippen LogP contribution >= 0.6 is 23.4 Å². The highest BCUT2D eigenvalue weighted by Crippen LogP contribution is 2.44. The van der Waals surface area contributed by atoms with Gasteiger partial charge in [0.1, 0.15) is 5.75 Å². The Labute approximate surface area is 286 Å². The lowest BCUT2D eigenvalue weighted by atomic mass is 9.93. The van der Waals surface area contributed by atoms with Gasteiger partial charge in [0.05, 0.1) is 5.56 Å². The number of aromatic nitrogens is 3. The van der Waals surface area contributed by atoms with Crippen molar-refractivity contribution < 1.29 is 17.4 Å². The van der Waals surface area contributed by atoms with Crippen molar-refractivity contribution in [2.75, 3.05) is 0 Å². The molecule has 9 aromatic rings. The zero-order valence-electron chi connectivity index (χ0n) is 25.4. The van der Waals surface area contributed by atoms with Crippen molar-refractivity contribution >= 4 is 75.9 Å². The van der Waals surface area contributed by atoms with E-state index < -0.39 is 17.6 Å². The van der Waals surface area contributed by atoms with E-state index in [1.165, 1.54) is 10.1 Å². The Morgan fingerprint density at radius 1 is 0.469 bits per heavy atom. The highest BCUT2D eigenvalue weighted by atomic mass is 32.2. The summed E-state index contributed by atoms with van der Waals surface area (Å²) in [5.41, 5.74) is -2.78. The summed E-state index contributed by atoms with van der Waals surface area (Å²) in [6.45, 7) is 0. The van der Waals surface area contributed by atoms with Gasteiger partial charge in [0.2, 0.25) is 0 Å². The maximum atomic E-state index is 13.6. The number of rotatable bonds is 5. The molecule has 2 aromatic heterocycles. The van der Waals surface area contributed by atoms with Gasteiger partial charge in [-0.3, -0.25) is 0 Å². The van der Waals surface area contributed by atoms with Gasteiger partial charge >= 0.3 is 5.51 Å². The summed E-state index contributed by atoms with van der Waals surface area (Å²) in [6.07, 6.45) is 0. The highest BCUT2D eigenvalue weighted by molar-refractivity contribution is 7.95. The quantitative estimate of drug-likeness (QED) is 0.134. The maximum absolute atomic E-state index is 13.6. The number of halogens is 3. The van der Waals surface area contributed by atoms with Gasteiger partial charge in [-0.15, -0.1) is 11.3 Å². The molecule has 0 fully saturated rings. The molecule has 0 radical (unpaired) electrons. The van der Waals surface area contributed by atoms with Crippen LogP contribution in [0.3, 0.4) is 0 Å². The first-order chi connectivity index (χ1) is 23.9. The maximum Gasteiger partial charge on any atom is 0.479 e. The predicted molar refractivity (Wildman–Crippen MR) is 196 cm³/mol. The molecule has 0 atom stereocenters. The van der Waals surface area contributed by atoms with E-state index in [9.17, 15) is 13.2 Å². The number of hydrogen-bond acceptors (Lipinski definition) is 6. The van der Waals surface area contributed by atoms with Gasteiger partial charge in [-0.25, -0.2) is 15.0 Å². The Bertz CT molecular complexity index is 2730. The number of benzene rings is 7. The van der Waals surface area contributed by atoms with Crippen LogP contribution in [0, 0.1) is 0 Å². The van der Waals surface area contributed by atoms with Gasteiger partial charge in [-0.05, 0) is 56.6 Å². The lowest BCUT2D eigenvalue weighted by Gasteiger charge is -2.16. The second kappa shape index (κ2) is 11.6. The van der Waals surface area contributed by atoms with Crippen LogP contribution in [0.15, 0.2) is 133 Å². The van der Waals surface area contributed by atoms with Gasteiger partial charge in [-0.1, -0.05) is 109 Å². The highest BCUT2D eigenvalue weighted by Gasteiger charge is 2.32. The average Bonchev–Trinajstić information content (AvgIpc) is 3.51. The molecular weight excluding hydrogens is 660 g/mol. The summed E-state index contributed by atoms with van der Waals surface area (Å²) < 4.78 is 48.6. The number of hydrogen-bond donors (Lipinski definition) is 0. The van der Waals surface area contributed by atoms with Gasteiger partial charge in [0.15, 0.2) is 29.5 Å². The van der Waals surface area contributed by atoms with Crippen LogP contribution in [0.5, 0.6) is 5.75 Å². The molecule has 236 valence electrons. The van der Waals surface area contributed by atoms with Crippen molar-refractivity contribution in [2.24, 2.45) is 0 Å². The zero-order valence-corrected chi connectivity index (χ0v) is 27.0. The summed E-state index contributed by atoms with van der Waals surface area (Å²) in [5, 5.41) is 7.83. The van der Waals surface area contributed by atoms with Crippen molar-refractivity contribution in [3.8, 4) is 39.9 Å². The Hall–Kier alpha value is -5.51. The Kier molecular flexibility index (Phi) is 7.00. The van der Waals surface area contributed by atoms with Crippen LogP contribution in [-0.2, 0) is 0 Å². The molecule has 0 spiro atoms. The Balaban J connectivity index is 1.32.